The predicted octanol–water partition coefficient (Wildman–Crippen LogP) is -0.488. The number of alkyl halides is 1. The zero-order chi connectivity index (χ0) is 15.6. The molecule has 0 spiro atoms. The van der Waals surface area contributed by atoms with E-state index in [9.17, 15) is 19.4 Å². The van der Waals surface area contributed by atoms with Gasteiger partial charge in [-0.05, 0) is 11.6 Å². The fraction of sp³-hybridized carbons (Fsp3) is 0.600. The number of azide groups is 1. The second-order valence-electron chi connectivity index (χ2n) is 4.34. The van der Waals surface area contributed by atoms with E-state index in [0.717, 1.165) is 4.57 Å². The van der Waals surface area contributed by atoms with Gasteiger partial charge in [0.05, 0.1) is 6.61 Å². The number of rotatable bonds is 4. The Morgan fingerprint density at radius 1 is 1.76 bits per heavy atom. The molecule has 2 heterocycles. The summed E-state index contributed by atoms with van der Waals surface area (Å²) in [4.78, 5) is 17.9. The first kappa shape index (κ1) is 15.2. The van der Waals surface area contributed by atoms with Gasteiger partial charge in [0, 0.05) is 18.2 Å². The normalized spacial score (nSPS) is 31.7. The van der Waals surface area contributed by atoms with Gasteiger partial charge in [0.25, 0.3) is 0 Å². The Bertz CT molecular complexity index is 632. The Kier molecular flexibility index (Phi) is 4.09. The number of hydrogen-bond acceptors (Lipinski definition) is 7. The van der Waals surface area contributed by atoms with Crippen LogP contribution in [0, 0.1) is 0 Å². The summed E-state index contributed by atoms with van der Waals surface area (Å²) >= 11 is 0. The van der Waals surface area contributed by atoms with E-state index in [4.69, 9.17) is 10.3 Å². The lowest BCUT2D eigenvalue weighted by molar-refractivity contribution is -0.124. The third-order valence-electron chi connectivity index (χ3n) is 3.16. The molecule has 1 fully saturated rings. The Hall–Kier alpha value is -2.20. The second kappa shape index (κ2) is 5.66. The van der Waals surface area contributed by atoms with E-state index in [-0.39, 0.29) is 5.82 Å². The van der Waals surface area contributed by atoms with Crippen molar-refractivity contribution in [2.45, 2.75) is 24.2 Å². The van der Waals surface area contributed by atoms with Crippen LogP contribution in [0.5, 0.6) is 0 Å². The lowest BCUT2D eigenvalue weighted by atomic mass is 10.1. The third-order valence-corrected chi connectivity index (χ3v) is 3.16. The van der Waals surface area contributed by atoms with Crippen molar-refractivity contribution in [2.75, 3.05) is 19.0 Å². The number of halogens is 1. The van der Waals surface area contributed by atoms with E-state index in [2.05, 4.69) is 20.3 Å². The van der Waals surface area contributed by atoms with Crippen molar-refractivity contribution in [3.8, 4) is 0 Å². The van der Waals surface area contributed by atoms with Gasteiger partial charge in [-0.3, -0.25) is 4.57 Å². The Balaban J connectivity index is 2.42. The molecule has 1 aromatic heterocycles. The third kappa shape index (κ3) is 2.43. The molecule has 2 rings (SSSR count). The molecule has 0 aliphatic carbocycles. The maximum absolute atomic E-state index is 14.2. The smallest absolute Gasteiger partial charge is 0.351 e. The van der Waals surface area contributed by atoms with Crippen molar-refractivity contribution < 1.29 is 19.3 Å². The maximum Gasteiger partial charge on any atom is 0.351 e. The predicted molar refractivity (Wildman–Crippen MR) is 68.0 cm³/mol. The molecule has 11 heteroatoms. The molecule has 1 aliphatic heterocycles. The summed E-state index contributed by atoms with van der Waals surface area (Å²) in [6.45, 7) is -0.939. The molecule has 1 aromatic rings. The van der Waals surface area contributed by atoms with Crippen LogP contribution in [0.1, 0.15) is 6.23 Å². The van der Waals surface area contributed by atoms with Gasteiger partial charge in [-0.2, -0.15) is 4.98 Å². The first-order valence-electron chi connectivity index (χ1n) is 5.93. The van der Waals surface area contributed by atoms with Crippen LogP contribution in [0.3, 0.4) is 0 Å². The molecule has 114 valence electrons. The Labute approximate surface area is 117 Å². The number of ether oxygens (including phenoxy) is 1. The van der Waals surface area contributed by atoms with Crippen LogP contribution in [0.4, 0.5) is 10.2 Å². The van der Waals surface area contributed by atoms with Gasteiger partial charge in [-0.15, -0.1) is 0 Å². The molecular weight excluding hydrogens is 287 g/mol. The zero-order valence-electron chi connectivity index (χ0n) is 10.9. The largest absolute Gasteiger partial charge is 0.393 e. The highest BCUT2D eigenvalue weighted by molar-refractivity contribution is 5.30. The van der Waals surface area contributed by atoms with Crippen LogP contribution in [0.15, 0.2) is 22.2 Å². The van der Waals surface area contributed by atoms with E-state index in [1.807, 2.05) is 0 Å². The highest BCUT2D eigenvalue weighted by Crippen LogP contribution is 2.39. The summed E-state index contributed by atoms with van der Waals surface area (Å²) in [5, 5.41) is 24.8. The lowest BCUT2D eigenvalue weighted by Gasteiger charge is -2.23. The van der Waals surface area contributed by atoms with Crippen molar-refractivity contribution >= 4 is 5.82 Å². The van der Waals surface area contributed by atoms with Gasteiger partial charge in [0.2, 0.25) is 5.72 Å². The molecule has 10 nitrogen and oxygen atoms in total. The average molecular weight is 300 g/mol. The molecule has 0 bridgehead atoms. The first-order chi connectivity index (χ1) is 9.99. The molecule has 0 aromatic carbocycles. The maximum atomic E-state index is 14.2. The van der Waals surface area contributed by atoms with Crippen molar-refractivity contribution in [2.24, 2.45) is 5.11 Å². The van der Waals surface area contributed by atoms with Crippen LogP contribution < -0.4 is 11.0 Å². The monoisotopic (exact) mass is 300 g/mol. The Morgan fingerprint density at radius 3 is 3.00 bits per heavy atom. The summed E-state index contributed by atoms with van der Waals surface area (Å²) in [6.07, 6.45) is -4.35. The van der Waals surface area contributed by atoms with Gasteiger partial charge in [-0.25, -0.2) is 9.18 Å². The standard InChI is InChI=1S/C10H13FN6O4/c1-13-5-2-3-17(9(20)14-5)8-6(11)7(19)10(4-18,21-8)15-16-12/h2-3,6-8,18-19H,4H2,1H3,(H,13,14,20)/t6-,7+,8-,10-/m1/s1. The van der Waals surface area contributed by atoms with E-state index < -0.39 is 36.5 Å². The molecule has 0 unspecified atom stereocenters. The molecule has 1 saturated heterocycles. The molecule has 0 saturated carbocycles. The van der Waals surface area contributed by atoms with Crippen LogP contribution in [0.25, 0.3) is 10.4 Å². The van der Waals surface area contributed by atoms with Gasteiger partial charge < -0.3 is 20.3 Å². The summed E-state index contributed by atoms with van der Waals surface area (Å²) in [5.74, 6) is 0.272. The van der Waals surface area contributed by atoms with Crippen LogP contribution in [-0.2, 0) is 4.74 Å². The number of anilines is 1. The summed E-state index contributed by atoms with van der Waals surface area (Å²) in [5.41, 5.74) is 5.45. The first-order valence-corrected chi connectivity index (χ1v) is 5.93. The minimum absolute atomic E-state index is 0.272. The zero-order valence-corrected chi connectivity index (χ0v) is 10.9. The summed E-state index contributed by atoms with van der Waals surface area (Å²) in [7, 11) is 1.55. The number of aromatic nitrogens is 2. The highest BCUT2D eigenvalue weighted by atomic mass is 19.1. The lowest BCUT2D eigenvalue weighted by Crippen LogP contribution is -2.43. The molecule has 0 radical (unpaired) electrons. The van der Waals surface area contributed by atoms with Crippen LogP contribution in [-0.4, -0.2) is 51.4 Å². The van der Waals surface area contributed by atoms with Crippen LogP contribution >= 0.6 is 0 Å². The van der Waals surface area contributed by atoms with Crippen molar-refractivity contribution in [1.82, 2.24) is 9.55 Å². The average Bonchev–Trinajstić information content (AvgIpc) is 2.73. The number of nitrogens with zero attached hydrogens (tertiary/aromatic N) is 5. The number of nitrogens with one attached hydrogen (secondary N) is 1. The SMILES string of the molecule is CNc1ccn([C@@H]2O[C@@](CO)(N=[N+]=[N-])[C@@H](O)[C@H]2F)c(=O)n1. The minimum atomic E-state index is -2.18. The molecule has 4 atom stereocenters. The topological polar surface area (TPSA) is 145 Å². The number of aliphatic hydroxyl groups excluding tert-OH is 2. The second-order valence-corrected chi connectivity index (χ2v) is 4.34. The summed E-state index contributed by atoms with van der Waals surface area (Å²) < 4.78 is 20.1. The molecule has 1 aliphatic rings. The Morgan fingerprint density at radius 2 is 2.48 bits per heavy atom. The van der Waals surface area contributed by atoms with Gasteiger partial charge >= 0.3 is 5.69 Å². The van der Waals surface area contributed by atoms with Crippen LogP contribution in [0.2, 0.25) is 0 Å². The van der Waals surface area contributed by atoms with Gasteiger partial charge in [0.1, 0.15) is 11.9 Å². The van der Waals surface area contributed by atoms with E-state index in [1.54, 1.807) is 7.05 Å². The van der Waals surface area contributed by atoms with Crippen molar-refractivity contribution in [1.29, 1.82) is 0 Å². The van der Waals surface area contributed by atoms with E-state index in [0.29, 0.717) is 0 Å². The quantitative estimate of drug-likeness (QED) is 0.388. The number of aliphatic hydroxyl groups is 2. The van der Waals surface area contributed by atoms with E-state index >= 15 is 0 Å². The fourth-order valence-electron chi connectivity index (χ4n) is 2.03. The molecule has 0 amide bonds. The highest BCUT2D eigenvalue weighted by Gasteiger charge is 2.56. The van der Waals surface area contributed by atoms with Crippen molar-refractivity contribution in [3.63, 3.8) is 0 Å². The number of hydrogen-bond donors (Lipinski definition) is 3. The summed E-state index contributed by atoms with van der Waals surface area (Å²) in [6, 6.07) is 1.40. The molecular formula is C10H13FN6O4. The van der Waals surface area contributed by atoms with E-state index in [1.165, 1.54) is 12.3 Å². The fourth-order valence-corrected chi connectivity index (χ4v) is 2.03. The van der Waals surface area contributed by atoms with Gasteiger partial charge in [-0.1, -0.05) is 5.11 Å². The molecule has 3 N–H and O–H groups in total. The van der Waals surface area contributed by atoms with Gasteiger partial charge in [0.15, 0.2) is 12.4 Å². The minimum Gasteiger partial charge on any atom is -0.393 e. The van der Waals surface area contributed by atoms with Crippen molar-refractivity contribution in [3.05, 3.63) is 33.2 Å². The molecule has 21 heavy (non-hydrogen) atoms.